The molecule has 1 saturated heterocycles. The number of nitrogens with zero attached hydrogens (tertiary/aromatic N) is 3. The average molecular weight is 274 g/mol. The van der Waals surface area contributed by atoms with E-state index in [0.717, 1.165) is 43.3 Å². The maximum atomic E-state index is 5.83. The van der Waals surface area contributed by atoms with Crippen molar-refractivity contribution in [2.75, 3.05) is 36.8 Å². The summed E-state index contributed by atoms with van der Waals surface area (Å²) in [7, 11) is 0. The Balaban J connectivity index is 1.73. The summed E-state index contributed by atoms with van der Waals surface area (Å²) in [6, 6.07) is 6.97. The molecule has 0 radical (unpaired) electrons. The molecule has 2 heterocycles. The van der Waals surface area contributed by atoms with Crippen molar-refractivity contribution in [3.05, 3.63) is 18.2 Å². The Morgan fingerprint density at radius 1 is 1.30 bits per heavy atom. The fourth-order valence-corrected chi connectivity index (χ4v) is 2.68. The first-order valence-corrected chi connectivity index (χ1v) is 7.32. The molecule has 1 atom stereocenters. The summed E-state index contributed by atoms with van der Waals surface area (Å²) in [4.78, 5) is 9.30. The van der Waals surface area contributed by atoms with Crippen LogP contribution in [-0.2, 0) is 0 Å². The van der Waals surface area contributed by atoms with Gasteiger partial charge in [-0.15, -0.1) is 0 Å². The molecule has 1 aromatic carbocycles. The van der Waals surface area contributed by atoms with Gasteiger partial charge in [-0.3, -0.25) is 4.90 Å². The molecule has 1 aliphatic rings. The van der Waals surface area contributed by atoms with E-state index in [2.05, 4.69) is 28.6 Å². The molecular formula is C15H22N4O. The Kier molecular flexibility index (Phi) is 3.53. The lowest BCUT2D eigenvalue weighted by Crippen LogP contribution is -2.49. The van der Waals surface area contributed by atoms with Crippen LogP contribution in [0.5, 0.6) is 0 Å². The lowest BCUT2D eigenvalue weighted by Gasteiger charge is -2.37. The van der Waals surface area contributed by atoms with Crippen molar-refractivity contribution in [1.29, 1.82) is 0 Å². The SMILES string of the molecule is CCC(C)N1CCN(c2nc3ccc(N)cc3o2)CC1. The van der Waals surface area contributed by atoms with E-state index < -0.39 is 0 Å². The topological polar surface area (TPSA) is 58.5 Å². The van der Waals surface area contributed by atoms with Gasteiger partial charge in [0.2, 0.25) is 0 Å². The predicted molar refractivity (Wildman–Crippen MR) is 82.0 cm³/mol. The van der Waals surface area contributed by atoms with Gasteiger partial charge in [-0.2, -0.15) is 4.98 Å². The highest BCUT2D eigenvalue weighted by Gasteiger charge is 2.23. The molecule has 1 aliphatic heterocycles. The van der Waals surface area contributed by atoms with E-state index >= 15 is 0 Å². The molecule has 1 fully saturated rings. The Labute approximate surface area is 119 Å². The van der Waals surface area contributed by atoms with Crippen LogP contribution in [0.3, 0.4) is 0 Å². The Morgan fingerprint density at radius 3 is 2.75 bits per heavy atom. The van der Waals surface area contributed by atoms with E-state index in [9.17, 15) is 0 Å². The van der Waals surface area contributed by atoms with Crippen molar-refractivity contribution in [1.82, 2.24) is 9.88 Å². The second kappa shape index (κ2) is 5.32. The molecular weight excluding hydrogens is 252 g/mol. The Hall–Kier alpha value is -1.75. The molecule has 0 bridgehead atoms. The zero-order valence-corrected chi connectivity index (χ0v) is 12.2. The van der Waals surface area contributed by atoms with Gasteiger partial charge in [0.15, 0.2) is 5.58 Å². The molecule has 1 aromatic heterocycles. The molecule has 5 nitrogen and oxygen atoms in total. The number of fused-ring (bicyclic) bond motifs is 1. The summed E-state index contributed by atoms with van der Waals surface area (Å²) < 4.78 is 5.83. The summed E-state index contributed by atoms with van der Waals surface area (Å²) in [6.07, 6.45) is 1.20. The van der Waals surface area contributed by atoms with Crippen LogP contribution < -0.4 is 10.6 Å². The predicted octanol–water partition coefficient (Wildman–Crippen LogP) is 2.33. The number of piperazine rings is 1. The maximum Gasteiger partial charge on any atom is 0.298 e. The second-order valence-corrected chi connectivity index (χ2v) is 5.50. The Bertz CT molecular complexity index is 587. The summed E-state index contributed by atoms with van der Waals surface area (Å²) in [5, 5.41) is 0. The normalized spacial score (nSPS) is 18.6. The number of oxazole rings is 1. The van der Waals surface area contributed by atoms with Crippen LogP contribution in [0.2, 0.25) is 0 Å². The second-order valence-electron chi connectivity index (χ2n) is 5.50. The minimum Gasteiger partial charge on any atom is -0.423 e. The van der Waals surface area contributed by atoms with E-state index in [1.807, 2.05) is 18.2 Å². The van der Waals surface area contributed by atoms with Crippen LogP contribution >= 0.6 is 0 Å². The fraction of sp³-hybridized carbons (Fsp3) is 0.533. The minimum atomic E-state index is 0.653. The van der Waals surface area contributed by atoms with Gasteiger partial charge in [-0.1, -0.05) is 6.92 Å². The molecule has 3 rings (SSSR count). The number of nitrogen functional groups attached to an aromatic ring is 1. The van der Waals surface area contributed by atoms with E-state index in [0.29, 0.717) is 11.7 Å². The van der Waals surface area contributed by atoms with Gasteiger partial charge in [-0.25, -0.2) is 0 Å². The van der Waals surface area contributed by atoms with Gasteiger partial charge in [0.1, 0.15) is 5.52 Å². The zero-order chi connectivity index (χ0) is 14.1. The summed E-state index contributed by atoms with van der Waals surface area (Å²) in [5.74, 6) is 0. The van der Waals surface area contributed by atoms with E-state index in [1.165, 1.54) is 6.42 Å². The molecule has 5 heteroatoms. The van der Waals surface area contributed by atoms with Crippen molar-refractivity contribution >= 4 is 22.8 Å². The maximum absolute atomic E-state index is 5.83. The number of anilines is 2. The van der Waals surface area contributed by atoms with Crippen molar-refractivity contribution in [2.24, 2.45) is 0 Å². The number of aromatic nitrogens is 1. The average Bonchev–Trinajstić information content (AvgIpc) is 2.89. The van der Waals surface area contributed by atoms with Crippen LogP contribution in [0, 0.1) is 0 Å². The quantitative estimate of drug-likeness (QED) is 0.871. The van der Waals surface area contributed by atoms with Crippen molar-refractivity contribution < 1.29 is 4.42 Å². The van der Waals surface area contributed by atoms with E-state index in [1.54, 1.807) is 0 Å². The zero-order valence-electron chi connectivity index (χ0n) is 12.2. The molecule has 0 spiro atoms. The number of nitrogens with two attached hydrogens (primary N) is 1. The molecule has 2 N–H and O–H groups in total. The molecule has 108 valence electrons. The van der Waals surface area contributed by atoms with Crippen molar-refractivity contribution in [3.63, 3.8) is 0 Å². The van der Waals surface area contributed by atoms with Gasteiger partial charge in [-0.05, 0) is 25.5 Å². The largest absolute Gasteiger partial charge is 0.423 e. The number of hydrogen-bond acceptors (Lipinski definition) is 5. The van der Waals surface area contributed by atoms with E-state index in [4.69, 9.17) is 10.2 Å². The Morgan fingerprint density at radius 2 is 2.05 bits per heavy atom. The number of hydrogen-bond donors (Lipinski definition) is 1. The van der Waals surface area contributed by atoms with Gasteiger partial charge in [0, 0.05) is 44.0 Å². The van der Waals surface area contributed by atoms with Crippen LogP contribution in [0.25, 0.3) is 11.1 Å². The fourth-order valence-electron chi connectivity index (χ4n) is 2.68. The first-order valence-electron chi connectivity index (χ1n) is 7.32. The minimum absolute atomic E-state index is 0.653. The molecule has 2 aromatic rings. The van der Waals surface area contributed by atoms with Crippen LogP contribution in [0.1, 0.15) is 20.3 Å². The first-order chi connectivity index (χ1) is 9.67. The third-order valence-corrected chi connectivity index (χ3v) is 4.20. The highest BCUT2D eigenvalue weighted by molar-refractivity contribution is 5.78. The lowest BCUT2D eigenvalue weighted by atomic mass is 10.2. The lowest BCUT2D eigenvalue weighted by molar-refractivity contribution is 0.190. The van der Waals surface area contributed by atoms with Gasteiger partial charge in [0.25, 0.3) is 6.01 Å². The summed E-state index contributed by atoms with van der Waals surface area (Å²) in [5.41, 5.74) is 8.12. The highest BCUT2D eigenvalue weighted by atomic mass is 16.4. The molecule has 20 heavy (non-hydrogen) atoms. The summed E-state index contributed by atoms with van der Waals surface area (Å²) in [6.45, 7) is 8.59. The third-order valence-electron chi connectivity index (χ3n) is 4.20. The monoisotopic (exact) mass is 274 g/mol. The smallest absolute Gasteiger partial charge is 0.298 e. The highest BCUT2D eigenvalue weighted by Crippen LogP contribution is 2.24. The van der Waals surface area contributed by atoms with Crippen LogP contribution in [-0.4, -0.2) is 42.1 Å². The van der Waals surface area contributed by atoms with Gasteiger partial charge >= 0.3 is 0 Å². The van der Waals surface area contributed by atoms with Gasteiger partial charge < -0.3 is 15.1 Å². The third kappa shape index (κ3) is 2.45. The number of rotatable bonds is 3. The van der Waals surface area contributed by atoms with Crippen LogP contribution in [0.4, 0.5) is 11.7 Å². The first kappa shape index (κ1) is 13.2. The van der Waals surface area contributed by atoms with Gasteiger partial charge in [0.05, 0.1) is 0 Å². The molecule has 1 unspecified atom stereocenters. The summed E-state index contributed by atoms with van der Waals surface area (Å²) >= 11 is 0. The molecule has 0 saturated carbocycles. The standard InChI is InChI=1S/C15H22N4O/c1-3-11(2)18-6-8-19(9-7-18)15-17-13-5-4-12(16)10-14(13)20-15/h4-5,10-11H,3,6-9,16H2,1-2H3. The molecule has 0 amide bonds. The van der Waals surface area contributed by atoms with Crippen molar-refractivity contribution in [2.45, 2.75) is 26.3 Å². The van der Waals surface area contributed by atoms with Crippen molar-refractivity contribution in [3.8, 4) is 0 Å². The number of benzene rings is 1. The molecule has 0 aliphatic carbocycles. The van der Waals surface area contributed by atoms with Crippen LogP contribution in [0.15, 0.2) is 22.6 Å². The van der Waals surface area contributed by atoms with E-state index in [-0.39, 0.29) is 0 Å².